The van der Waals surface area contributed by atoms with Gasteiger partial charge in [-0.15, -0.1) is 0 Å². The fourth-order valence-electron chi connectivity index (χ4n) is 3.11. The van der Waals surface area contributed by atoms with Gasteiger partial charge in [0, 0.05) is 18.7 Å². The van der Waals surface area contributed by atoms with Crippen LogP contribution in [0.3, 0.4) is 0 Å². The molecule has 0 bridgehead atoms. The highest BCUT2D eigenvalue weighted by Crippen LogP contribution is 2.16. The number of rotatable bonds is 5. The number of hydrogen-bond donors (Lipinski definition) is 1. The minimum atomic E-state index is -0.0154. The second-order valence-corrected chi connectivity index (χ2v) is 6.15. The smallest absolute Gasteiger partial charge is 0.251 e. The molecule has 0 saturated carbocycles. The number of carbonyl (C=O) groups excluding carboxylic acids is 1. The van der Waals surface area contributed by atoms with Crippen LogP contribution in [-0.4, -0.2) is 23.9 Å². The van der Waals surface area contributed by atoms with Crippen LogP contribution in [0.2, 0.25) is 0 Å². The van der Waals surface area contributed by atoms with E-state index in [9.17, 15) is 4.79 Å². The molecule has 23 heavy (non-hydrogen) atoms. The standard InChI is InChI=1S/C20H24N2O/c23-20(17-9-3-1-4-10-17)21-15-18-11-5-6-12-19(18)16-22-13-7-2-8-14-22/h1,3-6,9-12H,2,7-8,13-16H2,(H,21,23). The average molecular weight is 308 g/mol. The minimum absolute atomic E-state index is 0.0154. The number of benzene rings is 2. The SMILES string of the molecule is O=C(NCc1ccccc1CN1CCCCC1)c1ccccc1. The number of likely N-dealkylation sites (tertiary alicyclic amines) is 1. The maximum atomic E-state index is 12.2. The second kappa shape index (κ2) is 7.93. The molecule has 0 radical (unpaired) electrons. The van der Waals surface area contributed by atoms with Crippen molar-refractivity contribution in [2.45, 2.75) is 32.4 Å². The van der Waals surface area contributed by atoms with Crippen LogP contribution in [0.4, 0.5) is 0 Å². The topological polar surface area (TPSA) is 32.3 Å². The average Bonchev–Trinajstić information content (AvgIpc) is 2.62. The summed E-state index contributed by atoms with van der Waals surface area (Å²) in [5.74, 6) is -0.0154. The zero-order valence-corrected chi connectivity index (χ0v) is 13.5. The molecular formula is C20H24N2O. The summed E-state index contributed by atoms with van der Waals surface area (Å²) in [5, 5.41) is 3.04. The zero-order chi connectivity index (χ0) is 15.9. The van der Waals surface area contributed by atoms with E-state index in [4.69, 9.17) is 0 Å². The van der Waals surface area contributed by atoms with E-state index in [0.29, 0.717) is 12.1 Å². The molecule has 0 spiro atoms. The van der Waals surface area contributed by atoms with Crippen molar-refractivity contribution >= 4 is 5.91 Å². The largest absolute Gasteiger partial charge is 0.348 e. The highest BCUT2D eigenvalue weighted by Gasteiger charge is 2.13. The fraction of sp³-hybridized carbons (Fsp3) is 0.350. The van der Waals surface area contributed by atoms with Gasteiger partial charge in [0.25, 0.3) is 5.91 Å². The Labute approximate surface area is 138 Å². The van der Waals surface area contributed by atoms with E-state index in [0.717, 1.165) is 6.54 Å². The predicted molar refractivity (Wildman–Crippen MR) is 93.2 cm³/mol. The summed E-state index contributed by atoms with van der Waals surface area (Å²) in [7, 11) is 0. The van der Waals surface area contributed by atoms with E-state index in [-0.39, 0.29) is 5.91 Å². The molecule has 0 atom stereocenters. The first-order chi connectivity index (χ1) is 11.3. The molecular weight excluding hydrogens is 284 g/mol. The van der Waals surface area contributed by atoms with E-state index >= 15 is 0 Å². The van der Waals surface area contributed by atoms with Crippen molar-refractivity contribution in [3.05, 3.63) is 71.3 Å². The summed E-state index contributed by atoms with van der Waals surface area (Å²) >= 11 is 0. The Morgan fingerprint density at radius 1 is 0.870 bits per heavy atom. The van der Waals surface area contributed by atoms with Gasteiger partial charge in [-0.05, 0) is 49.2 Å². The number of amides is 1. The Morgan fingerprint density at radius 3 is 2.26 bits per heavy atom. The molecule has 3 rings (SSSR count). The van der Waals surface area contributed by atoms with Crippen molar-refractivity contribution in [1.82, 2.24) is 10.2 Å². The fourth-order valence-corrected chi connectivity index (χ4v) is 3.11. The normalized spacial score (nSPS) is 15.3. The predicted octanol–water partition coefficient (Wildman–Crippen LogP) is 3.60. The monoisotopic (exact) mass is 308 g/mol. The van der Waals surface area contributed by atoms with Crippen LogP contribution in [-0.2, 0) is 13.1 Å². The first kappa shape index (κ1) is 15.8. The summed E-state index contributed by atoms with van der Waals surface area (Å²) in [6.07, 6.45) is 3.95. The van der Waals surface area contributed by atoms with Gasteiger partial charge in [0.1, 0.15) is 0 Å². The van der Waals surface area contributed by atoms with E-state index in [2.05, 4.69) is 28.4 Å². The van der Waals surface area contributed by atoms with Crippen molar-refractivity contribution < 1.29 is 4.79 Å². The van der Waals surface area contributed by atoms with Gasteiger partial charge in [0.2, 0.25) is 0 Å². The van der Waals surface area contributed by atoms with Gasteiger partial charge >= 0.3 is 0 Å². The first-order valence-electron chi connectivity index (χ1n) is 8.45. The highest BCUT2D eigenvalue weighted by molar-refractivity contribution is 5.94. The molecule has 2 aromatic rings. The lowest BCUT2D eigenvalue weighted by Gasteiger charge is -2.27. The second-order valence-electron chi connectivity index (χ2n) is 6.15. The molecule has 1 heterocycles. The zero-order valence-electron chi connectivity index (χ0n) is 13.5. The number of hydrogen-bond acceptors (Lipinski definition) is 2. The van der Waals surface area contributed by atoms with Gasteiger partial charge in [-0.3, -0.25) is 9.69 Å². The van der Waals surface area contributed by atoms with Gasteiger partial charge in [-0.1, -0.05) is 48.9 Å². The van der Waals surface area contributed by atoms with E-state index in [1.165, 1.54) is 43.5 Å². The third-order valence-corrected chi connectivity index (χ3v) is 4.44. The van der Waals surface area contributed by atoms with Crippen molar-refractivity contribution in [2.24, 2.45) is 0 Å². The van der Waals surface area contributed by atoms with Crippen LogP contribution in [0.15, 0.2) is 54.6 Å². The third kappa shape index (κ3) is 4.42. The van der Waals surface area contributed by atoms with Crippen molar-refractivity contribution in [3.8, 4) is 0 Å². The maximum Gasteiger partial charge on any atom is 0.251 e. The lowest BCUT2D eigenvalue weighted by molar-refractivity contribution is 0.0950. The Balaban J connectivity index is 1.62. The van der Waals surface area contributed by atoms with Crippen LogP contribution in [0.1, 0.15) is 40.7 Å². The van der Waals surface area contributed by atoms with Gasteiger partial charge in [0.05, 0.1) is 0 Å². The molecule has 1 saturated heterocycles. The minimum Gasteiger partial charge on any atom is -0.348 e. The molecule has 0 aliphatic carbocycles. The molecule has 1 amide bonds. The molecule has 3 nitrogen and oxygen atoms in total. The summed E-state index contributed by atoms with van der Waals surface area (Å²) in [4.78, 5) is 14.7. The van der Waals surface area contributed by atoms with E-state index in [1.54, 1.807) is 0 Å². The molecule has 1 aliphatic rings. The Bertz CT molecular complexity index is 633. The van der Waals surface area contributed by atoms with Crippen LogP contribution >= 0.6 is 0 Å². The Kier molecular flexibility index (Phi) is 5.43. The maximum absolute atomic E-state index is 12.2. The van der Waals surface area contributed by atoms with E-state index < -0.39 is 0 Å². The van der Waals surface area contributed by atoms with Crippen molar-refractivity contribution in [2.75, 3.05) is 13.1 Å². The quantitative estimate of drug-likeness (QED) is 0.915. The molecule has 3 heteroatoms. The lowest BCUT2D eigenvalue weighted by atomic mass is 10.0. The molecule has 0 unspecified atom stereocenters. The van der Waals surface area contributed by atoms with Crippen molar-refractivity contribution in [1.29, 1.82) is 0 Å². The van der Waals surface area contributed by atoms with Crippen LogP contribution in [0.5, 0.6) is 0 Å². The summed E-state index contributed by atoms with van der Waals surface area (Å²) in [5.41, 5.74) is 3.24. The molecule has 0 aromatic heterocycles. The van der Waals surface area contributed by atoms with Gasteiger partial charge in [-0.25, -0.2) is 0 Å². The van der Waals surface area contributed by atoms with E-state index in [1.807, 2.05) is 36.4 Å². The summed E-state index contributed by atoms with van der Waals surface area (Å²) in [6.45, 7) is 3.94. The number of carbonyl (C=O) groups is 1. The third-order valence-electron chi connectivity index (χ3n) is 4.44. The highest BCUT2D eigenvalue weighted by atomic mass is 16.1. The lowest BCUT2D eigenvalue weighted by Crippen LogP contribution is -2.30. The molecule has 1 aliphatic heterocycles. The summed E-state index contributed by atoms with van der Waals surface area (Å²) < 4.78 is 0. The van der Waals surface area contributed by atoms with Gasteiger partial charge in [0.15, 0.2) is 0 Å². The Hall–Kier alpha value is -2.13. The van der Waals surface area contributed by atoms with Crippen LogP contribution < -0.4 is 5.32 Å². The molecule has 120 valence electrons. The molecule has 1 fully saturated rings. The first-order valence-corrected chi connectivity index (χ1v) is 8.45. The number of nitrogens with one attached hydrogen (secondary N) is 1. The van der Waals surface area contributed by atoms with Gasteiger partial charge < -0.3 is 5.32 Å². The molecule has 2 aromatic carbocycles. The Morgan fingerprint density at radius 2 is 1.52 bits per heavy atom. The number of piperidine rings is 1. The van der Waals surface area contributed by atoms with Crippen LogP contribution in [0, 0.1) is 0 Å². The number of nitrogens with zero attached hydrogens (tertiary/aromatic N) is 1. The molecule has 1 N–H and O–H groups in total. The summed E-state index contributed by atoms with van der Waals surface area (Å²) in [6, 6.07) is 17.8. The van der Waals surface area contributed by atoms with Crippen LogP contribution in [0.25, 0.3) is 0 Å². The van der Waals surface area contributed by atoms with Crippen molar-refractivity contribution in [3.63, 3.8) is 0 Å². The van der Waals surface area contributed by atoms with Gasteiger partial charge in [-0.2, -0.15) is 0 Å².